The summed E-state index contributed by atoms with van der Waals surface area (Å²) in [6, 6.07) is 4.69. The zero-order valence-electron chi connectivity index (χ0n) is 17.6. The topological polar surface area (TPSA) is 77.1 Å². The van der Waals surface area contributed by atoms with Crippen molar-refractivity contribution in [2.75, 3.05) is 26.3 Å². The molecule has 3 atom stereocenters. The van der Waals surface area contributed by atoms with Crippen molar-refractivity contribution in [2.24, 2.45) is 29.4 Å². The number of rotatable bonds is 6. The lowest BCUT2D eigenvalue weighted by molar-refractivity contribution is 0.0722. The van der Waals surface area contributed by atoms with Gasteiger partial charge in [0.1, 0.15) is 0 Å². The van der Waals surface area contributed by atoms with Crippen LogP contribution in [0.4, 0.5) is 0 Å². The van der Waals surface area contributed by atoms with Crippen LogP contribution in [0.2, 0.25) is 0 Å². The van der Waals surface area contributed by atoms with Crippen LogP contribution < -0.4 is 16.4 Å². The molecule has 4 N–H and O–H groups in total. The summed E-state index contributed by atoms with van der Waals surface area (Å²) in [7, 11) is 0. The number of nitrogens with two attached hydrogens (primary N) is 1. The van der Waals surface area contributed by atoms with E-state index in [1.165, 1.54) is 64.3 Å². The fourth-order valence-electron chi connectivity index (χ4n) is 6.76. The average Bonchev–Trinajstić information content (AvgIpc) is 3.18. The lowest BCUT2D eigenvalue weighted by Gasteiger charge is -2.43. The number of fused-ring (bicyclic) bond motifs is 1. The van der Waals surface area contributed by atoms with Crippen molar-refractivity contribution in [3.05, 3.63) is 0 Å². The first kappa shape index (κ1) is 20.6. The summed E-state index contributed by atoms with van der Waals surface area (Å²) in [4.78, 5) is 2.81. The number of nitriles is 1. The van der Waals surface area contributed by atoms with E-state index in [9.17, 15) is 5.26 Å². The molecule has 3 saturated carbocycles. The minimum Gasteiger partial charge on any atom is -0.329 e. The predicted octanol–water partition coefficient (Wildman–Crippen LogP) is 2.82. The Bertz CT molecular complexity index is 516. The van der Waals surface area contributed by atoms with Gasteiger partial charge in [0.05, 0.1) is 6.07 Å². The first-order valence-electron chi connectivity index (χ1n) is 12.1. The third kappa shape index (κ3) is 4.73. The summed E-state index contributed by atoms with van der Waals surface area (Å²) in [6.45, 7) is 3.97. The largest absolute Gasteiger partial charge is 0.329 e. The van der Waals surface area contributed by atoms with E-state index in [1.54, 1.807) is 0 Å². The second-order valence-electron chi connectivity index (χ2n) is 10.0. The highest BCUT2D eigenvalue weighted by Gasteiger charge is 2.44. The van der Waals surface area contributed by atoms with Crippen LogP contribution in [0, 0.1) is 35.0 Å². The first-order chi connectivity index (χ1) is 13.8. The monoisotopic (exact) mass is 387 g/mol. The van der Waals surface area contributed by atoms with E-state index >= 15 is 0 Å². The van der Waals surface area contributed by atoms with Gasteiger partial charge < -0.3 is 11.1 Å². The molecule has 0 aromatic heterocycles. The smallest absolute Gasteiger partial charge is 0.0655 e. The lowest BCUT2D eigenvalue weighted by atomic mass is 9.69. The fraction of sp³-hybridized carbons (Fsp3) is 0.957. The summed E-state index contributed by atoms with van der Waals surface area (Å²) in [5.74, 6) is 3.09. The number of nitrogens with one attached hydrogen (secondary N) is 2. The van der Waals surface area contributed by atoms with Crippen LogP contribution in [-0.4, -0.2) is 49.3 Å². The van der Waals surface area contributed by atoms with Gasteiger partial charge in [-0.3, -0.25) is 10.2 Å². The maximum atomic E-state index is 9.20. The highest BCUT2D eigenvalue weighted by Crippen LogP contribution is 2.43. The Morgan fingerprint density at radius 1 is 0.964 bits per heavy atom. The molecule has 0 spiro atoms. The van der Waals surface area contributed by atoms with Crippen molar-refractivity contribution >= 4 is 0 Å². The summed E-state index contributed by atoms with van der Waals surface area (Å²) < 4.78 is 0. The van der Waals surface area contributed by atoms with Gasteiger partial charge in [-0.15, -0.1) is 0 Å². The Kier molecular flexibility index (Phi) is 7.27. The molecule has 158 valence electrons. The molecule has 3 unspecified atom stereocenters. The number of hydrogen-bond acceptors (Lipinski definition) is 5. The van der Waals surface area contributed by atoms with Crippen LogP contribution in [0.1, 0.15) is 70.6 Å². The van der Waals surface area contributed by atoms with Gasteiger partial charge >= 0.3 is 0 Å². The maximum Gasteiger partial charge on any atom is 0.0655 e. The van der Waals surface area contributed by atoms with E-state index in [4.69, 9.17) is 5.73 Å². The zero-order chi connectivity index (χ0) is 19.3. The lowest BCUT2D eigenvalue weighted by Crippen LogP contribution is -2.47. The Balaban J connectivity index is 1.26. The van der Waals surface area contributed by atoms with E-state index in [1.807, 2.05) is 0 Å². The Morgan fingerprint density at radius 2 is 1.71 bits per heavy atom. The molecule has 0 bridgehead atoms. The molecule has 1 heterocycles. The van der Waals surface area contributed by atoms with E-state index < -0.39 is 0 Å². The first-order valence-corrected chi connectivity index (χ1v) is 12.1. The van der Waals surface area contributed by atoms with Crippen LogP contribution >= 0.6 is 0 Å². The average molecular weight is 388 g/mol. The van der Waals surface area contributed by atoms with E-state index in [-0.39, 0.29) is 0 Å². The number of hydrogen-bond donors (Lipinski definition) is 3. The molecule has 0 aromatic rings. The molecule has 4 aliphatic rings. The molecule has 3 aliphatic carbocycles. The van der Waals surface area contributed by atoms with Gasteiger partial charge in [-0.1, -0.05) is 0 Å². The van der Waals surface area contributed by atoms with Crippen LogP contribution in [0.25, 0.3) is 0 Å². The number of nitrogens with zero attached hydrogens (tertiary/aromatic N) is 2. The third-order valence-electron chi connectivity index (χ3n) is 8.48. The molecule has 5 heteroatoms. The molecule has 4 rings (SSSR count). The van der Waals surface area contributed by atoms with Crippen molar-refractivity contribution in [1.29, 1.82) is 5.26 Å². The van der Waals surface area contributed by atoms with Crippen molar-refractivity contribution in [1.82, 2.24) is 15.5 Å². The summed E-state index contributed by atoms with van der Waals surface area (Å²) in [5.41, 5.74) is 5.60. The predicted molar refractivity (Wildman–Crippen MR) is 113 cm³/mol. The molecule has 5 nitrogen and oxygen atoms in total. The summed E-state index contributed by atoms with van der Waals surface area (Å²) in [5, 5.41) is 16.6. The van der Waals surface area contributed by atoms with Gasteiger partial charge in [-0.05, 0) is 94.9 Å². The standard InChI is InChI=1S/C23H41N5/c24-11-12-26-15-18-1-5-19(6-2-18)20-7-10-22-23(13-20)28(16-27-22)21-8-3-17(14-25)4-9-21/h17-23,26-27H,1-13,15-16,24H2. The van der Waals surface area contributed by atoms with Gasteiger partial charge in [0.25, 0.3) is 0 Å². The van der Waals surface area contributed by atoms with Gasteiger partial charge in [-0.2, -0.15) is 5.26 Å². The quantitative estimate of drug-likeness (QED) is 0.611. The van der Waals surface area contributed by atoms with E-state index in [2.05, 4.69) is 21.6 Å². The Labute approximate surface area is 171 Å². The minimum atomic E-state index is 0.316. The van der Waals surface area contributed by atoms with Crippen LogP contribution in [0.3, 0.4) is 0 Å². The molecule has 0 aromatic carbocycles. The van der Waals surface area contributed by atoms with E-state index in [0.29, 0.717) is 5.92 Å². The van der Waals surface area contributed by atoms with Gasteiger partial charge in [-0.25, -0.2) is 0 Å². The second kappa shape index (κ2) is 9.89. The summed E-state index contributed by atoms with van der Waals surface area (Å²) >= 11 is 0. The molecular weight excluding hydrogens is 346 g/mol. The van der Waals surface area contributed by atoms with Crippen molar-refractivity contribution < 1.29 is 0 Å². The second-order valence-corrected chi connectivity index (χ2v) is 10.0. The maximum absolute atomic E-state index is 9.20. The Hall–Kier alpha value is -0.670. The highest BCUT2D eigenvalue weighted by molar-refractivity contribution is 5.01. The minimum absolute atomic E-state index is 0.316. The van der Waals surface area contributed by atoms with Gasteiger partial charge in [0.15, 0.2) is 0 Å². The highest BCUT2D eigenvalue weighted by atomic mass is 15.3. The van der Waals surface area contributed by atoms with Crippen molar-refractivity contribution in [2.45, 2.75) is 88.8 Å². The summed E-state index contributed by atoms with van der Waals surface area (Å²) in [6.07, 6.45) is 14.6. The molecule has 1 aliphatic heterocycles. The fourth-order valence-corrected chi connectivity index (χ4v) is 6.76. The molecular formula is C23H41N5. The van der Waals surface area contributed by atoms with Crippen molar-refractivity contribution in [3.8, 4) is 6.07 Å². The SMILES string of the molecule is N#CC1CCC(N2CNC3CCC(C4CCC(CNCCN)CC4)CC32)CC1. The molecule has 4 fully saturated rings. The van der Waals surface area contributed by atoms with Gasteiger partial charge in [0, 0.05) is 43.8 Å². The normalized spacial score (nSPS) is 42.1. The van der Waals surface area contributed by atoms with Crippen LogP contribution in [0.15, 0.2) is 0 Å². The molecule has 0 amide bonds. The zero-order valence-corrected chi connectivity index (χ0v) is 17.6. The molecule has 0 radical (unpaired) electrons. The molecule has 28 heavy (non-hydrogen) atoms. The van der Waals surface area contributed by atoms with Crippen LogP contribution in [-0.2, 0) is 0 Å². The molecule has 1 saturated heterocycles. The van der Waals surface area contributed by atoms with Crippen LogP contribution in [0.5, 0.6) is 0 Å². The van der Waals surface area contributed by atoms with E-state index in [0.717, 1.165) is 68.5 Å². The Morgan fingerprint density at radius 3 is 2.43 bits per heavy atom. The third-order valence-corrected chi connectivity index (χ3v) is 8.48. The van der Waals surface area contributed by atoms with Crippen molar-refractivity contribution in [3.63, 3.8) is 0 Å². The van der Waals surface area contributed by atoms with Gasteiger partial charge in [0.2, 0.25) is 0 Å².